The van der Waals surface area contributed by atoms with Crippen LogP contribution in [0.4, 0.5) is 0 Å². The van der Waals surface area contributed by atoms with Crippen LogP contribution in [-0.4, -0.2) is 26.7 Å². The van der Waals surface area contributed by atoms with Crippen LogP contribution in [0.25, 0.3) is 11.5 Å². The molecule has 0 atom stereocenters. The SMILES string of the molecule is CC(=O)CSc1nnc(-c2cccnc2)o1. The van der Waals surface area contributed by atoms with Crippen LogP contribution in [0, 0.1) is 0 Å². The molecule has 2 rings (SSSR count). The predicted molar refractivity (Wildman–Crippen MR) is 58.9 cm³/mol. The van der Waals surface area contributed by atoms with Gasteiger partial charge in [0, 0.05) is 12.4 Å². The quantitative estimate of drug-likeness (QED) is 0.753. The van der Waals surface area contributed by atoms with Gasteiger partial charge in [0.2, 0.25) is 5.89 Å². The Morgan fingerprint density at radius 3 is 3.06 bits per heavy atom. The van der Waals surface area contributed by atoms with Gasteiger partial charge in [0.05, 0.1) is 11.3 Å². The third-order valence-corrected chi connectivity index (χ3v) is 2.68. The highest BCUT2D eigenvalue weighted by Gasteiger charge is 2.09. The summed E-state index contributed by atoms with van der Waals surface area (Å²) in [5.74, 6) is 0.833. The summed E-state index contributed by atoms with van der Waals surface area (Å²) in [6, 6.07) is 3.63. The number of carbonyl (C=O) groups is 1. The van der Waals surface area contributed by atoms with Gasteiger partial charge in [-0.1, -0.05) is 11.8 Å². The van der Waals surface area contributed by atoms with Gasteiger partial charge in [0.1, 0.15) is 5.78 Å². The maximum atomic E-state index is 10.8. The highest BCUT2D eigenvalue weighted by atomic mass is 32.2. The second-order valence-electron chi connectivity index (χ2n) is 3.11. The lowest BCUT2D eigenvalue weighted by Crippen LogP contribution is -1.92. The van der Waals surface area contributed by atoms with Crippen molar-refractivity contribution in [1.29, 1.82) is 0 Å². The molecule has 2 aromatic rings. The molecular weight excluding hydrogens is 226 g/mol. The van der Waals surface area contributed by atoms with Crippen LogP contribution in [-0.2, 0) is 4.79 Å². The largest absolute Gasteiger partial charge is 0.411 e. The minimum atomic E-state index is 0.0751. The van der Waals surface area contributed by atoms with Crippen LogP contribution in [0.1, 0.15) is 6.92 Å². The van der Waals surface area contributed by atoms with Gasteiger partial charge in [-0.2, -0.15) is 0 Å². The van der Waals surface area contributed by atoms with E-state index in [1.165, 1.54) is 18.7 Å². The van der Waals surface area contributed by atoms with Gasteiger partial charge in [-0.3, -0.25) is 9.78 Å². The molecule has 0 saturated heterocycles. The molecule has 0 aromatic carbocycles. The molecule has 0 saturated carbocycles. The molecule has 2 aromatic heterocycles. The third-order valence-electron chi connectivity index (χ3n) is 1.71. The van der Waals surface area contributed by atoms with Crippen LogP contribution in [0.15, 0.2) is 34.2 Å². The van der Waals surface area contributed by atoms with Crippen molar-refractivity contribution in [3.8, 4) is 11.5 Å². The zero-order valence-electron chi connectivity index (χ0n) is 8.58. The van der Waals surface area contributed by atoms with Crippen LogP contribution < -0.4 is 0 Å². The standard InChI is InChI=1S/C10H9N3O2S/c1-7(14)6-16-10-13-12-9(15-10)8-3-2-4-11-5-8/h2-5H,6H2,1H3. The van der Waals surface area contributed by atoms with Crippen molar-refractivity contribution >= 4 is 17.5 Å². The number of ketones is 1. The lowest BCUT2D eigenvalue weighted by atomic mass is 10.3. The number of carbonyl (C=O) groups excluding carboxylic acids is 1. The molecule has 0 N–H and O–H groups in total. The minimum absolute atomic E-state index is 0.0751. The van der Waals surface area contributed by atoms with Crippen molar-refractivity contribution in [2.45, 2.75) is 12.1 Å². The van der Waals surface area contributed by atoms with Gasteiger partial charge < -0.3 is 4.42 Å². The number of hydrogen-bond donors (Lipinski definition) is 0. The lowest BCUT2D eigenvalue weighted by Gasteiger charge is -1.91. The molecular formula is C10H9N3O2S. The molecule has 0 aliphatic heterocycles. The zero-order valence-corrected chi connectivity index (χ0v) is 9.40. The molecule has 2 heterocycles. The highest BCUT2D eigenvalue weighted by Crippen LogP contribution is 2.22. The van der Waals surface area contributed by atoms with E-state index in [0.717, 1.165) is 5.56 Å². The maximum Gasteiger partial charge on any atom is 0.277 e. The van der Waals surface area contributed by atoms with E-state index in [9.17, 15) is 4.79 Å². The number of Topliss-reactive ketones (excluding diaryl/α,β-unsaturated/α-hetero) is 1. The third kappa shape index (κ3) is 2.66. The Hall–Kier alpha value is -1.69. The predicted octanol–water partition coefficient (Wildman–Crippen LogP) is 1.81. The summed E-state index contributed by atoms with van der Waals surface area (Å²) in [5, 5.41) is 8.10. The fourth-order valence-electron chi connectivity index (χ4n) is 1.04. The normalized spacial score (nSPS) is 10.3. The fourth-order valence-corrected chi connectivity index (χ4v) is 1.60. The molecule has 0 unspecified atom stereocenters. The van der Waals surface area contributed by atoms with Crippen molar-refractivity contribution in [2.75, 3.05) is 5.75 Å². The van der Waals surface area contributed by atoms with Crippen LogP contribution in [0.2, 0.25) is 0 Å². The van der Waals surface area contributed by atoms with Gasteiger partial charge >= 0.3 is 0 Å². The summed E-state index contributed by atoms with van der Waals surface area (Å²) in [6.45, 7) is 1.52. The lowest BCUT2D eigenvalue weighted by molar-refractivity contribution is -0.114. The van der Waals surface area contributed by atoms with Gasteiger partial charge in [-0.25, -0.2) is 0 Å². The first-order valence-corrected chi connectivity index (χ1v) is 5.60. The first-order valence-electron chi connectivity index (χ1n) is 4.62. The van der Waals surface area contributed by atoms with E-state index >= 15 is 0 Å². The van der Waals surface area contributed by atoms with Crippen molar-refractivity contribution in [1.82, 2.24) is 15.2 Å². The summed E-state index contributed by atoms with van der Waals surface area (Å²) in [7, 11) is 0. The summed E-state index contributed by atoms with van der Waals surface area (Å²) in [6.07, 6.45) is 3.32. The van der Waals surface area contributed by atoms with Gasteiger partial charge in [-0.15, -0.1) is 10.2 Å². The number of nitrogens with zero attached hydrogens (tertiary/aromatic N) is 3. The van der Waals surface area contributed by atoms with Crippen LogP contribution in [0.5, 0.6) is 0 Å². The molecule has 0 aliphatic rings. The van der Waals surface area contributed by atoms with Gasteiger partial charge in [-0.05, 0) is 19.1 Å². The van der Waals surface area contributed by atoms with E-state index in [1.54, 1.807) is 18.5 Å². The first-order chi connectivity index (χ1) is 7.75. The Bertz CT molecular complexity index is 484. The van der Waals surface area contributed by atoms with Crippen LogP contribution in [0.3, 0.4) is 0 Å². The Kier molecular flexibility index (Phi) is 3.31. The monoisotopic (exact) mass is 235 g/mol. The summed E-state index contributed by atoms with van der Waals surface area (Å²) < 4.78 is 5.37. The molecule has 0 aliphatic carbocycles. The molecule has 6 heteroatoms. The van der Waals surface area contributed by atoms with E-state index in [0.29, 0.717) is 16.9 Å². The first kappa shape index (κ1) is 10.8. The molecule has 5 nitrogen and oxygen atoms in total. The maximum absolute atomic E-state index is 10.8. The molecule has 82 valence electrons. The highest BCUT2D eigenvalue weighted by molar-refractivity contribution is 7.99. The Morgan fingerprint density at radius 1 is 1.50 bits per heavy atom. The second kappa shape index (κ2) is 4.89. The topological polar surface area (TPSA) is 68.9 Å². The smallest absolute Gasteiger partial charge is 0.277 e. The second-order valence-corrected chi connectivity index (χ2v) is 4.03. The number of rotatable bonds is 4. The van der Waals surface area contributed by atoms with E-state index in [1.807, 2.05) is 6.07 Å². The molecule has 0 bridgehead atoms. The van der Waals surface area contributed by atoms with Crippen LogP contribution >= 0.6 is 11.8 Å². The van der Waals surface area contributed by atoms with E-state index in [4.69, 9.17) is 4.42 Å². The Morgan fingerprint density at radius 2 is 2.38 bits per heavy atom. The zero-order chi connectivity index (χ0) is 11.4. The Labute approximate surface area is 96.3 Å². The molecule has 0 fully saturated rings. The van der Waals surface area contributed by atoms with E-state index < -0.39 is 0 Å². The van der Waals surface area contributed by atoms with E-state index in [-0.39, 0.29) is 5.78 Å². The summed E-state index contributed by atoms with van der Waals surface area (Å²) in [5.41, 5.74) is 0.768. The molecule has 0 spiro atoms. The van der Waals surface area contributed by atoms with Gasteiger partial charge in [0.25, 0.3) is 5.22 Å². The van der Waals surface area contributed by atoms with Crippen molar-refractivity contribution in [3.63, 3.8) is 0 Å². The summed E-state index contributed by atoms with van der Waals surface area (Å²) in [4.78, 5) is 14.7. The Balaban J connectivity index is 2.11. The van der Waals surface area contributed by atoms with Gasteiger partial charge in [0.15, 0.2) is 0 Å². The number of pyridine rings is 1. The number of thioether (sulfide) groups is 1. The van der Waals surface area contributed by atoms with Crippen molar-refractivity contribution < 1.29 is 9.21 Å². The minimum Gasteiger partial charge on any atom is -0.411 e. The number of hydrogen-bond acceptors (Lipinski definition) is 6. The molecule has 0 radical (unpaired) electrons. The molecule has 0 amide bonds. The molecule has 16 heavy (non-hydrogen) atoms. The van der Waals surface area contributed by atoms with E-state index in [2.05, 4.69) is 15.2 Å². The number of aromatic nitrogens is 3. The summed E-state index contributed by atoms with van der Waals surface area (Å²) >= 11 is 1.23. The average molecular weight is 235 g/mol. The average Bonchev–Trinajstić information content (AvgIpc) is 2.76. The fraction of sp³-hybridized carbons (Fsp3) is 0.200. The van der Waals surface area contributed by atoms with Crippen molar-refractivity contribution in [3.05, 3.63) is 24.5 Å². The van der Waals surface area contributed by atoms with Crippen molar-refractivity contribution in [2.24, 2.45) is 0 Å².